The van der Waals surface area contributed by atoms with Gasteiger partial charge in [0.1, 0.15) is 11.3 Å². The summed E-state index contributed by atoms with van der Waals surface area (Å²) in [4.78, 5) is 17.8. The lowest BCUT2D eigenvalue weighted by molar-refractivity contribution is 0.194. The van der Waals surface area contributed by atoms with Gasteiger partial charge in [-0.15, -0.1) is 0 Å². The number of nitrogens with zero attached hydrogens (tertiary/aromatic N) is 6. The summed E-state index contributed by atoms with van der Waals surface area (Å²) < 4.78 is 22.8. The lowest BCUT2D eigenvalue weighted by atomic mass is 10.2. The Bertz CT molecular complexity index is 1410. The van der Waals surface area contributed by atoms with Gasteiger partial charge in [0.2, 0.25) is 0 Å². The molecule has 5 aromatic rings. The van der Waals surface area contributed by atoms with E-state index >= 15 is 0 Å². The van der Waals surface area contributed by atoms with Crippen LogP contribution in [0.15, 0.2) is 55.0 Å². The Hall–Kier alpha value is -3.85. The summed E-state index contributed by atoms with van der Waals surface area (Å²) >= 11 is 0. The molecule has 4 heterocycles. The molecule has 0 saturated carbocycles. The van der Waals surface area contributed by atoms with Crippen molar-refractivity contribution in [2.24, 2.45) is 0 Å². The molecule has 0 amide bonds. The van der Waals surface area contributed by atoms with Crippen molar-refractivity contribution >= 4 is 22.3 Å². The summed E-state index contributed by atoms with van der Waals surface area (Å²) in [6.45, 7) is 2.02. The normalized spacial score (nSPS) is 12.5. The van der Waals surface area contributed by atoms with Gasteiger partial charge in [-0.3, -0.25) is 14.1 Å². The first-order valence-electron chi connectivity index (χ1n) is 9.70. The molecule has 5 rings (SSSR count). The lowest BCUT2D eigenvalue weighted by Crippen LogP contribution is -2.04. The van der Waals surface area contributed by atoms with Crippen LogP contribution in [0, 0.1) is 5.82 Å². The molecule has 0 bridgehead atoms. The monoisotopic (exact) mass is 418 g/mol. The Labute approximate surface area is 176 Å². The Kier molecular flexibility index (Phi) is 4.59. The molecular formula is C22H19FN6O2. The molecule has 0 aliphatic rings. The van der Waals surface area contributed by atoms with Crippen LogP contribution in [-0.4, -0.2) is 41.3 Å². The molecule has 1 unspecified atom stereocenters. The third kappa shape index (κ3) is 3.38. The maximum Gasteiger partial charge on any atom is 0.298 e. The van der Waals surface area contributed by atoms with Crippen molar-refractivity contribution in [1.82, 2.24) is 29.1 Å². The van der Waals surface area contributed by atoms with E-state index in [2.05, 4.69) is 19.9 Å². The van der Waals surface area contributed by atoms with Gasteiger partial charge in [0.25, 0.3) is 6.01 Å². The van der Waals surface area contributed by atoms with Gasteiger partial charge in [0, 0.05) is 6.20 Å². The molecule has 31 heavy (non-hydrogen) atoms. The number of hydrogen-bond acceptors (Lipinski definition) is 6. The van der Waals surface area contributed by atoms with Crippen LogP contribution in [0.1, 0.15) is 24.3 Å². The number of rotatable bonds is 5. The molecule has 1 atom stereocenters. The highest BCUT2D eigenvalue weighted by molar-refractivity contribution is 5.78. The van der Waals surface area contributed by atoms with E-state index in [4.69, 9.17) is 4.74 Å². The second kappa shape index (κ2) is 7.44. The Balaban J connectivity index is 1.65. The number of methoxy groups -OCH3 is 1. The fourth-order valence-electron chi connectivity index (χ4n) is 3.55. The van der Waals surface area contributed by atoms with Crippen LogP contribution in [-0.2, 0) is 6.54 Å². The van der Waals surface area contributed by atoms with Gasteiger partial charge in [0.05, 0.1) is 49.1 Å². The maximum atomic E-state index is 13.7. The number of benzene rings is 1. The van der Waals surface area contributed by atoms with E-state index in [1.54, 1.807) is 25.4 Å². The largest absolute Gasteiger partial charge is 0.468 e. The van der Waals surface area contributed by atoms with Gasteiger partial charge in [-0.2, -0.15) is 4.98 Å². The number of fused-ring (bicyclic) bond motifs is 2. The summed E-state index contributed by atoms with van der Waals surface area (Å²) in [5.41, 5.74) is 4.59. The highest BCUT2D eigenvalue weighted by Gasteiger charge is 2.16. The fourth-order valence-corrected chi connectivity index (χ4v) is 3.55. The molecule has 0 aliphatic heterocycles. The second-order valence-corrected chi connectivity index (χ2v) is 7.22. The first kappa shape index (κ1) is 19.1. The summed E-state index contributed by atoms with van der Waals surface area (Å²) in [7, 11) is 1.54. The lowest BCUT2D eigenvalue weighted by Gasteiger charge is -2.10. The quantitative estimate of drug-likeness (QED) is 0.470. The Morgan fingerprint density at radius 3 is 2.77 bits per heavy atom. The predicted molar refractivity (Wildman–Crippen MR) is 113 cm³/mol. The second-order valence-electron chi connectivity index (χ2n) is 7.22. The number of hydrogen-bond donors (Lipinski definition) is 1. The molecule has 0 spiro atoms. The minimum atomic E-state index is -0.724. The zero-order valence-corrected chi connectivity index (χ0v) is 16.9. The first-order chi connectivity index (χ1) is 15.0. The van der Waals surface area contributed by atoms with E-state index < -0.39 is 6.10 Å². The van der Waals surface area contributed by atoms with Crippen LogP contribution in [0.4, 0.5) is 4.39 Å². The van der Waals surface area contributed by atoms with Crippen molar-refractivity contribution < 1.29 is 14.2 Å². The summed E-state index contributed by atoms with van der Waals surface area (Å²) in [5, 5.41) is 9.87. The van der Waals surface area contributed by atoms with E-state index in [0.29, 0.717) is 35.1 Å². The van der Waals surface area contributed by atoms with E-state index in [0.717, 1.165) is 16.8 Å². The predicted octanol–water partition coefficient (Wildman–Crippen LogP) is 3.41. The van der Waals surface area contributed by atoms with Crippen LogP contribution >= 0.6 is 0 Å². The molecule has 1 N–H and O–H groups in total. The average Bonchev–Trinajstić information content (AvgIpc) is 3.34. The van der Waals surface area contributed by atoms with Crippen molar-refractivity contribution in [3.63, 3.8) is 0 Å². The number of pyridine rings is 1. The smallest absolute Gasteiger partial charge is 0.298 e. The maximum absolute atomic E-state index is 13.7. The van der Waals surface area contributed by atoms with Crippen molar-refractivity contribution in [1.29, 1.82) is 0 Å². The number of aliphatic hydroxyl groups excluding tert-OH is 1. The number of imidazole rings is 1. The molecule has 8 nitrogen and oxygen atoms in total. The average molecular weight is 418 g/mol. The van der Waals surface area contributed by atoms with Gasteiger partial charge >= 0.3 is 0 Å². The highest BCUT2D eigenvalue weighted by Crippen LogP contribution is 2.26. The third-order valence-corrected chi connectivity index (χ3v) is 5.08. The molecule has 9 heteroatoms. The van der Waals surface area contributed by atoms with Gasteiger partial charge < -0.3 is 9.84 Å². The topological polar surface area (TPSA) is 90.9 Å². The third-order valence-electron chi connectivity index (χ3n) is 5.08. The van der Waals surface area contributed by atoms with E-state index in [1.165, 1.54) is 19.2 Å². The van der Waals surface area contributed by atoms with Crippen LogP contribution in [0.2, 0.25) is 0 Å². The SMILES string of the molecule is COc1nc2ncc(-n3ccc4ncc(C(C)O)nc43)cc2n1Cc1cccc(F)c1. The molecule has 0 aliphatic carbocycles. The number of aliphatic hydroxyl groups is 1. The van der Waals surface area contributed by atoms with Crippen LogP contribution in [0.25, 0.3) is 28.0 Å². The fraction of sp³-hybridized carbons (Fsp3) is 0.182. The van der Waals surface area contributed by atoms with Crippen molar-refractivity contribution in [2.45, 2.75) is 19.6 Å². The molecule has 0 radical (unpaired) electrons. The minimum Gasteiger partial charge on any atom is -0.468 e. The highest BCUT2D eigenvalue weighted by atomic mass is 19.1. The molecule has 1 aromatic carbocycles. The summed E-state index contributed by atoms with van der Waals surface area (Å²) in [5.74, 6) is -0.300. The van der Waals surface area contributed by atoms with Crippen molar-refractivity contribution in [3.8, 4) is 11.7 Å². The van der Waals surface area contributed by atoms with Gasteiger partial charge in [-0.1, -0.05) is 12.1 Å². The van der Waals surface area contributed by atoms with E-state index in [1.807, 2.05) is 33.5 Å². The van der Waals surface area contributed by atoms with Crippen LogP contribution in [0.5, 0.6) is 6.01 Å². The number of aromatic nitrogens is 6. The van der Waals surface area contributed by atoms with Gasteiger partial charge in [-0.25, -0.2) is 14.4 Å². The molecular weight excluding hydrogens is 399 g/mol. The van der Waals surface area contributed by atoms with Crippen molar-refractivity contribution in [3.05, 3.63) is 72.1 Å². The van der Waals surface area contributed by atoms with E-state index in [9.17, 15) is 9.50 Å². The Morgan fingerprint density at radius 1 is 1.13 bits per heavy atom. The first-order valence-corrected chi connectivity index (χ1v) is 9.70. The standard InChI is InChI=1S/C22H19FN6O2/c1-13(30)18-11-24-17-6-7-28(21(17)26-18)16-9-19-20(25-10-16)27-22(31-2)29(19)12-14-4-3-5-15(23)8-14/h3-11,13,30H,12H2,1-2H3. The summed E-state index contributed by atoms with van der Waals surface area (Å²) in [6, 6.07) is 10.6. The Morgan fingerprint density at radius 2 is 2.00 bits per heavy atom. The van der Waals surface area contributed by atoms with E-state index in [-0.39, 0.29) is 5.82 Å². The molecule has 4 aromatic heterocycles. The van der Waals surface area contributed by atoms with Gasteiger partial charge in [-0.05, 0) is 36.8 Å². The zero-order chi connectivity index (χ0) is 21.5. The zero-order valence-electron chi connectivity index (χ0n) is 16.9. The molecule has 0 fully saturated rings. The molecule has 0 saturated heterocycles. The molecule has 156 valence electrons. The van der Waals surface area contributed by atoms with Crippen molar-refractivity contribution in [2.75, 3.05) is 7.11 Å². The minimum absolute atomic E-state index is 0.300. The summed E-state index contributed by atoms with van der Waals surface area (Å²) in [6.07, 6.45) is 4.39. The van der Waals surface area contributed by atoms with Crippen LogP contribution < -0.4 is 4.74 Å². The number of ether oxygens (including phenoxy) is 1. The van der Waals surface area contributed by atoms with Gasteiger partial charge in [0.15, 0.2) is 11.3 Å². The van der Waals surface area contributed by atoms with Crippen LogP contribution in [0.3, 0.4) is 0 Å². The number of halogens is 1.